The van der Waals surface area contributed by atoms with Crippen LogP contribution in [0.15, 0.2) is 42.5 Å². The lowest BCUT2D eigenvalue weighted by molar-refractivity contribution is 0.626. The molecular weight excluding hydrogens is 272 g/mol. The lowest BCUT2D eigenvalue weighted by Gasteiger charge is -2.17. The molecule has 0 aliphatic heterocycles. The fourth-order valence-electron chi connectivity index (χ4n) is 1.68. The second kappa shape index (κ2) is 5.59. The van der Waals surface area contributed by atoms with Crippen LogP contribution in [-0.4, -0.2) is 0 Å². The molecule has 0 saturated carbocycles. The van der Waals surface area contributed by atoms with Crippen LogP contribution in [0.25, 0.3) is 0 Å². The Hall–Kier alpha value is -1.25. The van der Waals surface area contributed by atoms with Gasteiger partial charge in [-0.3, -0.25) is 0 Å². The van der Waals surface area contributed by atoms with Crippen molar-refractivity contribution in [3.63, 3.8) is 0 Å². The topological polar surface area (TPSA) is 12.0 Å². The molecule has 0 aliphatic carbocycles. The molecule has 1 atom stereocenters. The lowest BCUT2D eigenvalue weighted by Crippen LogP contribution is -2.06. The highest BCUT2D eigenvalue weighted by Crippen LogP contribution is 2.28. The normalized spacial score (nSPS) is 12.2. The van der Waals surface area contributed by atoms with Gasteiger partial charge in [-0.15, -0.1) is 0 Å². The van der Waals surface area contributed by atoms with Crippen LogP contribution in [0.2, 0.25) is 10.0 Å². The summed E-state index contributed by atoms with van der Waals surface area (Å²) in [6.07, 6.45) is 0. The molecule has 1 N–H and O–H groups in total. The van der Waals surface area contributed by atoms with Gasteiger partial charge in [0, 0.05) is 11.1 Å². The fourth-order valence-corrected chi connectivity index (χ4v) is 2.02. The van der Waals surface area contributed by atoms with Crippen molar-refractivity contribution >= 4 is 28.9 Å². The average molecular weight is 284 g/mol. The summed E-state index contributed by atoms with van der Waals surface area (Å²) in [6.45, 7) is 1.98. The molecule has 0 fully saturated rings. The molecule has 4 heteroatoms. The predicted octanol–water partition coefficient (Wildman–Crippen LogP) is 5.31. The fraction of sp³-hybridized carbons (Fsp3) is 0.143. The number of hydrogen-bond acceptors (Lipinski definition) is 1. The van der Waals surface area contributed by atoms with Crippen molar-refractivity contribution in [3.8, 4) is 0 Å². The number of nitrogens with one attached hydrogen (secondary N) is 1. The second-order valence-corrected chi connectivity index (χ2v) is 4.89. The predicted molar refractivity (Wildman–Crippen MR) is 74.9 cm³/mol. The van der Waals surface area contributed by atoms with Gasteiger partial charge >= 0.3 is 0 Å². The largest absolute Gasteiger partial charge is 0.377 e. The minimum atomic E-state index is -0.244. The first-order chi connectivity index (χ1) is 8.56. The first-order valence-electron chi connectivity index (χ1n) is 5.53. The van der Waals surface area contributed by atoms with E-state index in [2.05, 4.69) is 5.32 Å². The Labute approximate surface area is 116 Å². The van der Waals surface area contributed by atoms with E-state index < -0.39 is 0 Å². The standard InChI is InChI=1S/C14H12Cl2FN/c1-9(10-2-5-12(17)6-3-10)18-14-8-11(15)4-7-13(14)16/h2-9,18H,1H3. The highest BCUT2D eigenvalue weighted by atomic mass is 35.5. The van der Waals surface area contributed by atoms with Gasteiger partial charge in [0.05, 0.1) is 10.7 Å². The first-order valence-corrected chi connectivity index (χ1v) is 6.29. The van der Waals surface area contributed by atoms with Gasteiger partial charge in [0.15, 0.2) is 0 Å². The SMILES string of the molecule is CC(Nc1cc(Cl)ccc1Cl)c1ccc(F)cc1. The average Bonchev–Trinajstić information content (AvgIpc) is 2.34. The van der Waals surface area contributed by atoms with Crippen molar-refractivity contribution in [3.05, 3.63) is 63.9 Å². The van der Waals surface area contributed by atoms with Gasteiger partial charge in [-0.1, -0.05) is 35.3 Å². The molecular formula is C14H12Cl2FN. The number of anilines is 1. The Morgan fingerprint density at radius 2 is 1.72 bits per heavy atom. The zero-order valence-electron chi connectivity index (χ0n) is 9.75. The third-order valence-corrected chi connectivity index (χ3v) is 3.24. The lowest BCUT2D eigenvalue weighted by atomic mass is 10.1. The number of benzene rings is 2. The molecule has 18 heavy (non-hydrogen) atoms. The van der Waals surface area contributed by atoms with Crippen LogP contribution in [-0.2, 0) is 0 Å². The summed E-state index contributed by atoms with van der Waals surface area (Å²) in [4.78, 5) is 0. The van der Waals surface area contributed by atoms with Crippen molar-refractivity contribution in [2.75, 3.05) is 5.32 Å². The molecule has 1 unspecified atom stereocenters. The maximum absolute atomic E-state index is 12.8. The quantitative estimate of drug-likeness (QED) is 0.805. The summed E-state index contributed by atoms with van der Waals surface area (Å²) >= 11 is 12.0. The van der Waals surface area contributed by atoms with Gasteiger partial charge in [0.25, 0.3) is 0 Å². The molecule has 0 amide bonds. The Morgan fingerprint density at radius 1 is 1.06 bits per heavy atom. The summed E-state index contributed by atoms with van der Waals surface area (Å²) in [6, 6.07) is 11.6. The van der Waals surface area contributed by atoms with Gasteiger partial charge in [0.1, 0.15) is 5.82 Å². The van der Waals surface area contributed by atoms with Crippen LogP contribution in [0.3, 0.4) is 0 Å². The highest BCUT2D eigenvalue weighted by molar-refractivity contribution is 6.35. The second-order valence-electron chi connectivity index (χ2n) is 4.04. The summed E-state index contributed by atoms with van der Waals surface area (Å²) in [5.74, 6) is -0.244. The summed E-state index contributed by atoms with van der Waals surface area (Å²) < 4.78 is 12.8. The Balaban J connectivity index is 2.18. The minimum absolute atomic E-state index is 0.0153. The summed E-state index contributed by atoms with van der Waals surface area (Å²) in [7, 11) is 0. The smallest absolute Gasteiger partial charge is 0.123 e. The van der Waals surface area contributed by atoms with E-state index in [-0.39, 0.29) is 11.9 Å². The van der Waals surface area contributed by atoms with E-state index in [0.29, 0.717) is 10.0 Å². The van der Waals surface area contributed by atoms with Crippen molar-refractivity contribution in [2.24, 2.45) is 0 Å². The molecule has 0 spiro atoms. The van der Waals surface area contributed by atoms with E-state index in [0.717, 1.165) is 11.3 Å². The van der Waals surface area contributed by atoms with Crippen LogP contribution < -0.4 is 5.32 Å². The zero-order valence-corrected chi connectivity index (χ0v) is 11.3. The van der Waals surface area contributed by atoms with Gasteiger partial charge in [-0.25, -0.2) is 4.39 Å². The van der Waals surface area contributed by atoms with Crippen molar-refractivity contribution in [1.82, 2.24) is 0 Å². The van der Waals surface area contributed by atoms with E-state index in [1.165, 1.54) is 12.1 Å². The number of hydrogen-bond donors (Lipinski definition) is 1. The molecule has 94 valence electrons. The van der Waals surface area contributed by atoms with E-state index >= 15 is 0 Å². The summed E-state index contributed by atoms with van der Waals surface area (Å²) in [5.41, 5.74) is 1.74. The molecule has 2 aromatic carbocycles. The third kappa shape index (κ3) is 3.15. The van der Waals surface area contributed by atoms with E-state index in [1.807, 2.05) is 6.92 Å². The Kier molecular flexibility index (Phi) is 4.10. The minimum Gasteiger partial charge on any atom is -0.377 e. The van der Waals surface area contributed by atoms with Crippen LogP contribution in [0, 0.1) is 5.82 Å². The van der Waals surface area contributed by atoms with Crippen LogP contribution in [0.5, 0.6) is 0 Å². The van der Waals surface area contributed by atoms with E-state index in [9.17, 15) is 4.39 Å². The van der Waals surface area contributed by atoms with Crippen molar-refractivity contribution in [1.29, 1.82) is 0 Å². The molecule has 2 rings (SSSR count). The molecule has 0 radical (unpaired) electrons. The van der Waals surface area contributed by atoms with Crippen LogP contribution in [0.1, 0.15) is 18.5 Å². The van der Waals surface area contributed by atoms with E-state index in [4.69, 9.17) is 23.2 Å². The molecule has 0 aliphatic rings. The molecule has 0 aromatic heterocycles. The maximum Gasteiger partial charge on any atom is 0.123 e. The third-order valence-electron chi connectivity index (χ3n) is 2.67. The molecule has 2 aromatic rings. The molecule has 0 bridgehead atoms. The van der Waals surface area contributed by atoms with Gasteiger partial charge < -0.3 is 5.32 Å². The van der Waals surface area contributed by atoms with Crippen molar-refractivity contribution < 1.29 is 4.39 Å². The Bertz CT molecular complexity index is 540. The van der Waals surface area contributed by atoms with E-state index in [1.54, 1.807) is 30.3 Å². The van der Waals surface area contributed by atoms with Gasteiger partial charge in [0.2, 0.25) is 0 Å². The highest BCUT2D eigenvalue weighted by Gasteiger charge is 2.08. The number of rotatable bonds is 3. The maximum atomic E-state index is 12.8. The molecule has 0 heterocycles. The zero-order chi connectivity index (χ0) is 13.1. The Morgan fingerprint density at radius 3 is 2.39 bits per heavy atom. The number of halogens is 3. The van der Waals surface area contributed by atoms with Gasteiger partial charge in [-0.05, 0) is 42.8 Å². The monoisotopic (exact) mass is 283 g/mol. The van der Waals surface area contributed by atoms with Crippen LogP contribution >= 0.6 is 23.2 Å². The first kappa shape index (κ1) is 13.2. The summed E-state index contributed by atoms with van der Waals surface area (Å²) in [5, 5.41) is 4.47. The van der Waals surface area contributed by atoms with Crippen molar-refractivity contribution in [2.45, 2.75) is 13.0 Å². The molecule has 1 nitrogen and oxygen atoms in total. The van der Waals surface area contributed by atoms with Gasteiger partial charge in [-0.2, -0.15) is 0 Å². The molecule has 0 saturated heterocycles. The van der Waals surface area contributed by atoms with Crippen LogP contribution in [0.4, 0.5) is 10.1 Å².